The molecule has 0 radical (unpaired) electrons. The Morgan fingerprint density at radius 2 is 1.94 bits per heavy atom. The highest BCUT2D eigenvalue weighted by Gasteiger charge is 2.25. The zero-order valence-electron chi connectivity index (χ0n) is 17.1. The van der Waals surface area contributed by atoms with Crippen molar-refractivity contribution in [2.75, 3.05) is 5.73 Å². The van der Waals surface area contributed by atoms with Gasteiger partial charge in [-0.3, -0.25) is 4.79 Å². The van der Waals surface area contributed by atoms with Crippen LogP contribution in [-0.2, 0) is 6.54 Å². The molecule has 0 unspecified atom stereocenters. The molecule has 0 amide bonds. The Hall–Kier alpha value is -3.97. The van der Waals surface area contributed by atoms with Crippen molar-refractivity contribution in [3.05, 3.63) is 94.7 Å². The van der Waals surface area contributed by atoms with Crippen molar-refractivity contribution >= 4 is 34.1 Å². The predicted molar refractivity (Wildman–Crippen MR) is 123 cm³/mol. The molecule has 158 valence electrons. The lowest BCUT2D eigenvalue weighted by Crippen LogP contribution is -2.08. The average Bonchev–Trinajstić information content (AvgIpc) is 3.39. The number of rotatable bonds is 5. The normalized spacial score (nSPS) is 11.2. The van der Waals surface area contributed by atoms with Crippen molar-refractivity contribution in [3.8, 4) is 11.6 Å². The SMILES string of the molecule is Cc1ccc2c(c1)c(C(=O)c1cnc(-c3ccncn3)o1)c(N)n2Cc1ccc(Cl)cc1. The van der Waals surface area contributed by atoms with Gasteiger partial charge in [0.25, 0.3) is 0 Å². The molecule has 7 nitrogen and oxygen atoms in total. The molecule has 8 heteroatoms. The van der Waals surface area contributed by atoms with Crippen molar-refractivity contribution in [3.63, 3.8) is 0 Å². The van der Waals surface area contributed by atoms with Crippen LogP contribution >= 0.6 is 11.6 Å². The number of carbonyl (C=O) groups excluding carboxylic acids is 1. The average molecular weight is 444 g/mol. The van der Waals surface area contributed by atoms with E-state index < -0.39 is 0 Å². The molecule has 2 aromatic carbocycles. The Morgan fingerprint density at radius 1 is 1.12 bits per heavy atom. The van der Waals surface area contributed by atoms with Gasteiger partial charge in [-0.1, -0.05) is 35.4 Å². The van der Waals surface area contributed by atoms with Gasteiger partial charge in [-0.05, 0) is 42.8 Å². The molecule has 0 aliphatic carbocycles. The van der Waals surface area contributed by atoms with Gasteiger partial charge in [-0.25, -0.2) is 15.0 Å². The van der Waals surface area contributed by atoms with E-state index in [0.29, 0.717) is 28.6 Å². The van der Waals surface area contributed by atoms with E-state index in [1.54, 1.807) is 12.3 Å². The van der Waals surface area contributed by atoms with Gasteiger partial charge in [0.1, 0.15) is 17.8 Å². The molecule has 0 aliphatic heterocycles. The molecule has 0 spiro atoms. The third-order valence-corrected chi connectivity index (χ3v) is 5.52. The van der Waals surface area contributed by atoms with Crippen LogP contribution in [0.3, 0.4) is 0 Å². The molecular formula is C24H18ClN5O2. The Morgan fingerprint density at radius 3 is 2.69 bits per heavy atom. The number of halogens is 1. The standard InChI is InChI=1S/C24H18ClN5O2/c1-14-2-7-19-17(10-14)21(23(26)30(19)12-15-3-5-16(25)6-4-15)22(31)20-11-28-24(32-20)18-8-9-27-13-29-18/h2-11,13H,12,26H2,1H3. The summed E-state index contributed by atoms with van der Waals surface area (Å²) in [5, 5.41) is 1.43. The molecular weight excluding hydrogens is 426 g/mol. The number of hydrogen-bond donors (Lipinski definition) is 1. The number of anilines is 1. The number of nitrogen functional groups attached to an aromatic ring is 1. The quantitative estimate of drug-likeness (QED) is 0.387. The number of ketones is 1. The van der Waals surface area contributed by atoms with E-state index in [9.17, 15) is 4.79 Å². The second kappa shape index (κ2) is 7.94. The van der Waals surface area contributed by atoms with Crippen molar-refractivity contribution in [2.45, 2.75) is 13.5 Å². The number of hydrogen-bond acceptors (Lipinski definition) is 6. The minimum Gasteiger partial charge on any atom is -0.431 e. The van der Waals surface area contributed by atoms with Crippen LogP contribution in [0, 0.1) is 6.92 Å². The first kappa shape index (κ1) is 20.0. The Balaban J connectivity index is 1.60. The molecule has 0 fully saturated rings. The van der Waals surface area contributed by atoms with E-state index in [-0.39, 0.29) is 17.4 Å². The Bertz CT molecular complexity index is 1440. The van der Waals surface area contributed by atoms with E-state index in [1.807, 2.05) is 54.0 Å². The van der Waals surface area contributed by atoms with E-state index in [2.05, 4.69) is 15.0 Å². The maximum absolute atomic E-state index is 13.5. The molecule has 3 heterocycles. The monoisotopic (exact) mass is 443 g/mol. The van der Waals surface area contributed by atoms with Gasteiger partial charge in [-0.2, -0.15) is 0 Å². The van der Waals surface area contributed by atoms with Crippen LogP contribution in [0.25, 0.3) is 22.5 Å². The maximum atomic E-state index is 13.5. The van der Waals surface area contributed by atoms with Gasteiger partial charge in [0.15, 0.2) is 5.76 Å². The van der Waals surface area contributed by atoms with Crippen LogP contribution in [-0.4, -0.2) is 25.3 Å². The van der Waals surface area contributed by atoms with Crippen molar-refractivity contribution in [2.24, 2.45) is 0 Å². The van der Waals surface area contributed by atoms with Crippen molar-refractivity contribution in [1.29, 1.82) is 0 Å². The molecule has 3 aromatic heterocycles. The first-order chi connectivity index (χ1) is 15.5. The fourth-order valence-electron chi connectivity index (χ4n) is 3.71. The van der Waals surface area contributed by atoms with Crippen LogP contribution in [0.15, 0.2) is 71.7 Å². The van der Waals surface area contributed by atoms with Crippen LogP contribution in [0.1, 0.15) is 27.2 Å². The Kier molecular flexibility index (Phi) is 4.95. The van der Waals surface area contributed by atoms with E-state index >= 15 is 0 Å². The minimum absolute atomic E-state index is 0.0948. The van der Waals surface area contributed by atoms with Crippen LogP contribution in [0.2, 0.25) is 5.02 Å². The largest absolute Gasteiger partial charge is 0.431 e. The number of nitrogens with two attached hydrogens (primary N) is 1. The fraction of sp³-hybridized carbons (Fsp3) is 0.0833. The molecule has 0 atom stereocenters. The summed E-state index contributed by atoms with van der Waals surface area (Å²) < 4.78 is 7.65. The highest BCUT2D eigenvalue weighted by atomic mass is 35.5. The maximum Gasteiger partial charge on any atom is 0.245 e. The van der Waals surface area contributed by atoms with E-state index in [0.717, 1.165) is 22.0 Å². The summed E-state index contributed by atoms with van der Waals surface area (Å²) >= 11 is 6.02. The van der Waals surface area contributed by atoms with E-state index in [1.165, 1.54) is 12.5 Å². The highest BCUT2D eigenvalue weighted by molar-refractivity contribution is 6.30. The van der Waals surface area contributed by atoms with Crippen molar-refractivity contribution in [1.82, 2.24) is 19.5 Å². The number of fused-ring (bicyclic) bond motifs is 1. The number of nitrogens with zero attached hydrogens (tertiary/aromatic N) is 4. The predicted octanol–water partition coefficient (Wildman–Crippen LogP) is 4.91. The zero-order valence-corrected chi connectivity index (χ0v) is 17.9. The van der Waals surface area contributed by atoms with Crippen LogP contribution in [0.5, 0.6) is 0 Å². The van der Waals surface area contributed by atoms with Crippen LogP contribution in [0.4, 0.5) is 5.82 Å². The molecule has 2 N–H and O–H groups in total. The topological polar surface area (TPSA) is 99.8 Å². The first-order valence-electron chi connectivity index (χ1n) is 9.91. The minimum atomic E-state index is -0.333. The first-order valence-corrected chi connectivity index (χ1v) is 10.3. The lowest BCUT2D eigenvalue weighted by atomic mass is 10.1. The Labute approximate surface area is 188 Å². The second-order valence-electron chi connectivity index (χ2n) is 7.45. The summed E-state index contributed by atoms with van der Waals surface area (Å²) in [7, 11) is 0. The number of oxazole rings is 1. The third-order valence-electron chi connectivity index (χ3n) is 5.27. The van der Waals surface area contributed by atoms with Gasteiger partial charge in [0, 0.05) is 23.2 Å². The molecule has 0 aliphatic rings. The van der Waals surface area contributed by atoms with Crippen LogP contribution < -0.4 is 5.73 Å². The summed E-state index contributed by atoms with van der Waals surface area (Å²) in [4.78, 5) is 25.7. The molecule has 32 heavy (non-hydrogen) atoms. The molecule has 5 aromatic rings. The van der Waals surface area contributed by atoms with Gasteiger partial charge in [-0.15, -0.1) is 0 Å². The summed E-state index contributed by atoms with van der Waals surface area (Å²) in [6.07, 6.45) is 4.38. The second-order valence-corrected chi connectivity index (χ2v) is 7.88. The lowest BCUT2D eigenvalue weighted by molar-refractivity contribution is 0.101. The molecule has 0 saturated carbocycles. The van der Waals surface area contributed by atoms with Gasteiger partial charge in [0.2, 0.25) is 11.7 Å². The summed E-state index contributed by atoms with van der Waals surface area (Å²) in [5.41, 5.74) is 10.3. The lowest BCUT2D eigenvalue weighted by Gasteiger charge is -2.09. The fourth-order valence-corrected chi connectivity index (χ4v) is 3.83. The number of aryl methyl sites for hydroxylation is 1. The van der Waals surface area contributed by atoms with Crippen molar-refractivity contribution < 1.29 is 9.21 Å². The smallest absolute Gasteiger partial charge is 0.245 e. The highest BCUT2D eigenvalue weighted by Crippen LogP contribution is 2.32. The molecule has 5 rings (SSSR count). The summed E-state index contributed by atoms with van der Waals surface area (Å²) in [5.74, 6) is 0.374. The molecule has 0 bridgehead atoms. The number of carbonyl (C=O) groups is 1. The third kappa shape index (κ3) is 3.52. The summed E-state index contributed by atoms with van der Waals surface area (Å²) in [6.45, 7) is 2.47. The van der Waals surface area contributed by atoms with Gasteiger partial charge >= 0.3 is 0 Å². The number of aromatic nitrogens is 4. The number of benzene rings is 2. The molecule has 0 saturated heterocycles. The summed E-state index contributed by atoms with van der Waals surface area (Å²) in [6, 6.07) is 15.1. The van der Waals surface area contributed by atoms with E-state index in [4.69, 9.17) is 21.8 Å². The zero-order chi connectivity index (χ0) is 22.2. The van der Waals surface area contributed by atoms with Gasteiger partial charge in [0.05, 0.1) is 17.3 Å². The van der Waals surface area contributed by atoms with Gasteiger partial charge < -0.3 is 14.7 Å².